The van der Waals surface area contributed by atoms with Gasteiger partial charge < -0.3 is 10.2 Å². The fraction of sp³-hybridized carbons (Fsp3) is 0.600. The maximum absolute atomic E-state index is 12.9. The molecule has 1 aromatic rings. The van der Waals surface area contributed by atoms with Gasteiger partial charge in [0.1, 0.15) is 6.04 Å². The van der Waals surface area contributed by atoms with E-state index in [2.05, 4.69) is 17.4 Å². The van der Waals surface area contributed by atoms with Crippen LogP contribution in [-0.4, -0.2) is 28.8 Å². The zero-order valence-electron chi connectivity index (χ0n) is 14.8. The third kappa shape index (κ3) is 3.47. The number of nitrogens with zero attached hydrogens (tertiary/aromatic N) is 1. The van der Waals surface area contributed by atoms with Gasteiger partial charge in [-0.3, -0.25) is 9.59 Å². The molecule has 2 unspecified atom stereocenters. The second-order valence-electron chi connectivity index (χ2n) is 7.25. The highest BCUT2D eigenvalue weighted by Crippen LogP contribution is 2.26. The number of nitrogens with one attached hydrogen (secondary N) is 1. The Hall–Kier alpha value is -1.84. The lowest BCUT2D eigenvalue weighted by atomic mass is 9.91. The molecule has 3 rings (SSSR count). The van der Waals surface area contributed by atoms with E-state index in [1.807, 2.05) is 26.0 Å². The van der Waals surface area contributed by atoms with Crippen LogP contribution >= 0.6 is 0 Å². The van der Waals surface area contributed by atoms with E-state index in [4.69, 9.17) is 0 Å². The van der Waals surface area contributed by atoms with E-state index < -0.39 is 0 Å². The monoisotopic (exact) mass is 328 g/mol. The van der Waals surface area contributed by atoms with Crippen LogP contribution < -0.4 is 5.32 Å². The summed E-state index contributed by atoms with van der Waals surface area (Å²) < 4.78 is 0. The first-order valence-electron chi connectivity index (χ1n) is 9.27. The zero-order valence-corrected chi connectivity index (χ0v) is 14.8. The van der Waals surface area contributed by atoms with Crippen LogP contribution in [0, 0.1) is 5.92 Å². The van der Waals surface area contributed by atoms with Gasteiger partial charge in [-0.25, -0.2) is 0 Å². The predicted octanol–water partition coefficient (Wildman–Crippen LogP) is 3.04. The predicted molar refractivity (Wildman–Crippen MR) is 94.3 cm³/mol. The molecule has 0 radical (unpaired) electrons. The van der Waals surface area contributed by atoms with Crippen LogP contribution in [0.3, 0.4) is 0 Å². The van der Waals surface area contributed by atoms with Crippen LogP contribution in [0.5, 0.6) is 0 Å². The number of hydrogen-bond donors (Lipinski definition) is 1. The standard InChI is InChI=1S/C20H28N2O2/c1-3-14(2)20(24)22-13-16-9-5-4-8-15(16)12-18(22)19(23)21-17-10-6-7-11-17/h4-5,8-9,14,17-18H,3,6-7,10-13H2,1-2H3,(H,21,23). The first kappa shape index (κ1) is 17.0. The number of carbonyl (C=O) groups excluding carboxylic acids is 2. The van der Waals surface area contributed by atoms with Crippen LogP contribution in [0.4, 0.5) is 0 Å². The Morgan fingerprint density at radius 2 is 1.88 bits per heavy atom. The van der Waals surface area contributed by atoms with Crippen LogP contribution in [0.2, 0.25) is 0 Å². The van der Waals surface area contributed by atoms with Crippen molar-refractivity contribution >= 4 is 11.8 Å². The minimum atomic E-state index is -0.373. The molecule has 0 spiro atoms. The quantitative estimate of drug-likeness (QED) is 0.923. The Morgan fingerprint density at radius 1 is 1.21 bits per heavy atom. The molecule has 1 fully saturated rings. The molecule has 0 bridgehead atoms. The molecule has 2 aliphatic rings. The summed E-state index contributed by atoms with van der Waals surface area (Å²) in [7, 11) is 0. The van der Waals surface area contributed by atoms with Crippen LogP contribution in [0.25, 0.3) is 0 Å². The molecule has 1 aliphatic heterocycles. The molecule has 4 heteroatoms. The molecule has 24 heavy (non-hydrogen) atoms. The summed E-state index contributed by atoms with van der Waals surface area (Å²) in [4.78, 5) is 27.5. The average Bonchev–Trinajstić information content (AvgIpc) is 3.12. The SMILES string of the molecule is CCC(C)C(=O)N1Cc2ccccc2CC1C(=O)NC1CCCC1. The average molecular weight is 328 g/mol. The topological polar surface area (TPSA) is 49.4 Å². The van der Waals surface area contributed by atoms with Gasteiger partial charge in [0.25, 0.3) is 0 Å². The van der Waals surface area contributed by atoms with E-state index in [1.54, 1.807) is 4.90 Å². The second-order valence-corrected chi connectivity index (χ2v) is 7.25. The zero-order chi connectivity index (χ0) is 17.1. The molecular weight excluding hydrogens is 300 g/mol. The highest BCUT2D eigenvalue weighted by Gasteiger charge is 2.36. The Balaban J connectivity index is 1.82. The van der Waals surface area contributed by atoms with Gasteiger partial charge in [-0.1, -0.05) is 51.0 Å². The van der Waals surface area contributed by atoms with Gasteiger partial charge in [0.2, 0.25) is 11.8 Å². The van der Waals surface area contributed by atoms with Crippen molar-refractivity contribution in [1.29, 1.82) is 0 Å². The van der Waals surface area contributed by atoms with Gasteiger partial charge in [0.05, 0.1) is 0 Å². The molecule has 1 saturated carbocycles. The number of rotatable bonds is 4. The fourth-order valence-corrected chi connectivity index (χ4v) is 3.81. The maximum atomic E-state index is 12.9. The van der Waals surface area contributed by atoms with Gasteiger partial charge in [-0.15, -0.1) is 0 Å². The van der Waals surface area contributed by atoms with Crippen molar-refractivity contribution in [2.45, 2.75) is 71.0 Å². The molecule has 1 aromatic carbocycles. The molecule has 0 aromatic heterocycles. The summed E-state index contributed by atoms with van der Waals surface area (Å²) in [6.07, 6.45) is 5.93. The Bertz CT molecular complexity index is 607. The van der Waals surface area contributed by atoms with Crippen molar-refractivity contribution in [3.05, 3.63) is 35.4 Å². The van der Waals surface area contributed by atoms with Crippen molar-refractivity contribution in [3.8, 4) is 0 Å². The molecule has 130 valence electrons. The number of fused-ring (bicyclic) bond motifs is 1. The Labute approximate surface area is 144 Å². The fourth-order valence-electron chi connectivity index (χ4n) is 3.81. The summed E-state index contributed by atoms with van der Waals surface area (Å²) in [6.45, 7) is 4.52. The summed E-state index contributed by atoms with van der Waals surface area (Å²) in [6, 6.07) is 8.07. The van der Waals surface area contributed by atoms with E-state index >= 15 is 0 Å². The number of carbonyl (C=O) groups is 2. The molecule has 0 saturated heterocycles. The molecule has 2 amide bonds. The summed E-state index contributed by atoms with van der Waals surface area (Å²) in [5.41, 5.74) is 2.36. The van der Waals surface area contributed by atoms with E-state index in [0.29, 0.717) is 13.0 Å². The normalized spacial score (nSPS) is 22.1. The van der Waals surface area contributed by atoms with Crippen molar-refractivity contribution in [2.24, 2.45) is 5.92 Å². The summed E-state index contributed by atoms with van der Waals surface area (Å²) in [5.74, 6) is 0.0728. The van der Waals surface area contributed by atoms with Crippen molar-refractivity contribution in [2.75, 3.05) is 0 Å². The number of amides is 2. The third-order valence-electron chi connectivity index (χ3n) is 5.57. The van der Waals surface area contributed by atoms with E-state index in [0.717, 1.165) is 19.3 Å². The first-order valence-corrected chi connectivity index (χ1v) is 9.27. The third-order valence-corrected chi connectivity index (χ3v) is 5.57. The van der Waals surface area contributed by atoms with Crippen LogP contribution in [0.15, 0.2) is 24.3 Å². The van der Waals surface area contributed by atoms with Crippen LogP contribution in [0.1, 0.15) is 57.1 Å². The van der Waals surface area contributed by atoms with Gasteiger partial charge >= 0.3 is 0 Å². The van der Waals surface area contributed by atoms with Gasteiger partial charge in [0.15, 0.2) is 0 Å². The van der Waals surface area contributed by atoms with Crippen molar-refractivity contribution in [3.63, 3.8) is 0 Å². The van der Waals surface area contributed by atoms with Gasteiger partial charge in [-0.2, -0.15) is 0 Å². The minimum absolute atomic E-state index is 0.0213. The lowest BCUT2D eigenvalue weighted by Crippen LogP contribution is -2.55. The van der Waals surface area contributed by atoms with E-state index in [9.17, 15) is 9.59 Å². The van der Waals surface area contributed by atoms with Gasteiger partial charge in [-0.05, 0) is 30.4 Å². The van der Waals surface area contributed by atoms with E-state index in [1.165, 1.54) is 24.0 Å². The Kier molecular flexibility index (Phi) is 5.22. The maximum Gasteiger partial charge on any atom is 0.243 e. The Morgan fingerprint density at radius 3 is 2.54 bits per heavy atom. The molecule has 1 heterocycles. The summed E-state index contributed by atoms with van der Waals surface area (Å²) >= 11 is 0. The van der Waals surface area contributed by atoms with Crippen molar-refractivity contribution < 1.29 is 9.59 Å². The van der Waals surface area contributed by atoms with Crippen LogP contribution in [-0.2, 0) is 22.6 Å². The first-order chi connectivity index (χ1) is 11.6. The second kappa shape index (κ2) is 7.37. The smallest absolute Gasteiger partial charge is 0.243 e. The molecular formula is C20H28N2O2. The van der Waals surface area contributed by atoms with Gasteiger partial charge in [0, 0.05) is 24.9 Å². The van der Waals surface area contributed by atoms with E-state index in [-0.39, 0.29) is 29.8 Å². The lowest BCUT2D eigenvalue weighted by Gasteiger charge is -2.38. The highest BCUT2D eigenvalue weighted by molar-refractivity contribution is 5.89. The van der Waals surface area contributed by atoms with Crippen molar-refractivity contribution in [1.82, 2.24) is 10.2 Å². The lowest BCUT2D eigenvalue weighted by molar-refractivity contribution is -0.145. The number of benzene rings is 1. The highest BCUT2D eigenvalue weighted by atomic mass is 16.2. The largest absolute Gasteiger partial charge is 0.352 e. The molecule has 4 nitrogen and oxygen atoms in total. The minimum Gasteiger partial charge on any atom is -0.352 e. The summed E-state index contributed by atoms with van der Waals surface area (Å²) in [5, 5.41) is 3.19. The molecule has 2 atom stereocenters. The molecule has 1 aliphatic carbocycles. The molecule has 1 N–H and O–H groups in total. The number of hydrogen-bond acceptors (Lipinski definition) is 2.